The number of carboxylic acids is 1. The van der Waals surface area contributed by atoms with Gasteiger partial charge in [0.25, 0.3) is 0 Å². The second-order valence-electron chi connectivity index (χ2n) is 8.42. The van der Waals surface area contributed by atoms with E-state index >= 15 is 0 Å². The Morgan fingerprint density at radius 1 is 1.08 bits per heavy atom. The van der Waals surface area contributed by atoms with Crippen LogP contribution in [-0.4, -0.2) is 57.0 Å². The second-order valence-corrected chi connectivity index (χ2v) is 9.65. The Labute approximate surface area is 213 Å². The second kappa shape index (κ2) is 12.9. The Hall–Kier alpha value is -3.66. The van der Waals surface area contributed by atoms with E-state index in [9.17, 15) is 34.8 Å². The fourth-order valence-corrected chi connectivity index (χ4v) is 4.74. The number of Topliss-reactive ketones (excluding diaryl/α,β-unsaturated/α-hetero) is 1. The number of phenols is 3. The number of phenolic OH excluding ortho intramolecular Hbond substituents is 3. The van der Waals surface area contributed by atoms with E-state index in [1.54, 1.807) is 18.2 Å². The fraction of sp³-hybridized carbons (Fsp3) is 0.346. The van der Waals surface area contributed by atoms with Crippen molar-refractivity contribution in [3.05, 3.63) is 58.7 Å². The summed E-state index contributed by atoms with van der Waals surface area (Å²) in [5.41, 5.74) is 1.70. The lowest BCUT2D eigenvalue weighted by molar-refractivity contribution is -0.140. The van der Waals surface area contributed by atoms with Gasteiger partial charge in [-0.05, 0) is 38.0 Å². The zero-order valence-corrected chi connectivity index (χ0v) is 21.4. The van der Waals surface area contributed by atoms with Gasteiger partial charge in [0.2, 0.25) is 5.91 Å². The molecule has 9 nitrogen and oxygen atoms in total. The van der Waals surface area contributed by atoms with E-state index < -0.39 is 29.0 Å². The summed E-state index contributed by atoms with van der Waals surface area (Å²) < 4.78 is 5.26. The lowest BCUT2D eigenvalue weighted by Gasteiger charge is -2.21. The largest absolute Gasteiger partial charge is 0.508 e. The summed E-state index contributed by atoms with van der Waals surface area (Å²) in [6.45, 7) is 4.96. The first kappa shape index (κ1) is 28.6. The Morgan fingerprint density at radius 2 is 1.72 bits per heavy atom. The highest BCUT2D eigenvalue weighted by Crippen LogP contribution is 2.42. The van der Waals surface area contributed by atoms with Crippen LogP contribution in [0, 0.1) is 0 Å². The molecular weight excluding hydrogens is 486 g/mol. The molecule has 194 valence electrons. The number of hydrogen-bond donors (Lipinski definition) is 5. The van der Waals surface area contributed by atoms with E-state index in [2.05, 4.69) is 5.32 Å². The molecule has 0 spiro atoms. The highest BCUT2D eigenvalue weighted by atomic mass is 32.2. The van der Waals surface area contributed by atoms with Gasteiger partial charge in [-0.25, -0.2) is 4.79 Å². The third-order valence-electron chi connectivity index (χ3n) is 5.33. The number of aromatic hydroxyl groups is 3. The number of carboxylic acid groups (broad SMARTS) is 1. The SMILES string of the molecule is COc1cc(O)c(CC=C(C)C)c(O)c1C(=O)CC(SCC(NC(C)=O)C(=O)O)c1ccc(O)cc1. The predicted octanol–water partition coefficient (Wildman–Crippen LogP) is 3.96. The average Bonchev–Trinajstić information content (AvgIpc) is 2.80. The van der Waals surface area contributed by atoms with E-state index in [0.717, 1.165) is 17.3 Å². The molecule has 5 N–H and O–H groups in total. The number of carbonyl (C=O) groups is 3. The van der Waals surface area contributed by atoms with Crippen LogP contribution in [0.4, 0.5) is 0 Å². The average molecular weight is 518 g/mol. The first-order valence-corrected chi connectivity index (χ1v) is 12.2. The van der Waals surface area contributed by atoms with Gasteiger partial charge in [-0.15, -0.1) is 0 Å². The van der Waals surface area contributed by atoms with Crippen LogP contribution >= 0.6 is 11.8 Å². The molecule has 0 aliphatic heterocycles. The molecule has 36 heavy (non-hydrogen) atoms. The lowest BCUT2D eigenvalue weighted by Crippen LogP contribution is -2.41. The molecule has 2 aromatic rings. The quantitative estimate of drug-likeness (QED) is 0.208. The van der Waals surface area contributed by atoms with Gasteiger partial charge in [0.05, 0.1) is 7.11 Å². The number of ketones is 1. The smallest absolute Gasteiger partial charge is 0.327 e. The normalized spacial score (nSPS) is 12.3. The molecule has 0 heterocycles. The van der Waals surface area contributed by atoms with Gasteiger partial charge in [-0.1, -0.05) is 23.8 Å². The summed E-state index contributed by atoms with van der Waals surface area (Å²) in [5, 5.41) is 42.2. The first-order valence-electron chi connectivity index (χ1n) is 11.1. The van der Waals surface area contributed by atoms with Crippen molar-refractivity contribution < 1.29 is 39.5 Å². The molecular formula is C26H31NO8S. The van der Waals surface area contributed by atoms with Crippen molar-refractivity contribution in [2.75, 3.05) is 12.9 Å². The van der Waals surface area contributed by atoms with Crippen LogP contribution in [-0.2, 0) is 16.0 Å². The van der Waals surface area contributed by atoms with Crippen LogP contribution < -0.4 is 10.1 Å². The number of allylic oxidation sites excluding steroid dienone is 2. The van der Waals surface area contributed by atoms with Gasteiger partial charge in [-0.2, -0.15) is 11.8 Å². The van der Waals surface area contributed by atoms with Gasteiger partial charge >= 0.3 is 5.97 Å². The number of benzene rings is 2. The lowest BCUT2D eigenvalue weighted by atomic mass is 9.96. The van der Waals surface area contributed by atoms with Gasteiger partial charge in [0, 0.05) is 36.0 Å². The minimum absolute atomic E-state index is 0.00654. The molecule has 0 bridgehead atoms. The number of amides is 1. The zero-order chi connectivity index (χ0) is 27.0. The standard InChI is InChI=1S/C26H31NO8S/c1-14(2)5-10-18-20(30)11-22(35-4)24(25(18)32)21(31)12-23(16-6-8-17(29)9-7-16)36-13-19(26(33)34)27-15(3)28/h5-9,11,19,23,29-30,32H,10,12-13H2,1-4H3,(H,27,28)(H,33,34). The van der Waals surface area contributed by atoms with Crippen LogP contribution in [0.25, 0.3) is 0 Å². The molecule has 0 saturated heterocycles. The minimum Gasteiger partial charge on any atom is -0.508 e. The van der Waals surface area contributed by atoms with Crippen molar-refractivity contribution in [2.45, 2.75) is 44.9 Å². The van der Waals surface area contributed by atoms with Crippen LogP contribution in [0.2, 0.25) is 0 Å². The summed E-state index contributed by atoms with van der Waals surface area (Å²) in [6, 6.07) is 6.24. The van der Waals surface area contributed by atoms with E-state index in [1.807, 2.05) is 13.8 Å². The number of methoxy groups -OCH3 is 1. The molecule has 1 amide bonds. The molecule has 0 saturated carbocycles. The number of thioether (sulfide) groups is 1. The number of aliphatic carboxylic acids is 1. The molecule has 10 heteroatoms. The number of carbonyl (C=O) groups excluding carboxylic acids is 2. The first-order chi connectivity index (χ1) is 16.9. The molecule has 0 aliphatic carbocycles. The van der Waals surface area contributed by atoms with Crippen LogP contribution in [0.3, 0.4) is 0 Å². The van der Waals surface area contributed by atoms with E-state index in [0.29, 0.717) is 5.56 Å². The summed E-state index contributed by atoms with van der Waals surface area (Å²) in [7, 11) is 1.32. The predicted molar refractivity (Wildman–Crippen MR) is 137 cm³/mol. The summed E-state index contributed by atoms with van der Waals surface area (Å²) in [4.78, 5) is 36.4. The van der Waals surface area contributed by atoms with Crippen LogP contribution in [0.5, 0.6) is 23.0 Å². The van der Waals surface area contributed by atoms with Gasteiger partial charge in [0.1, 0.15) is 34.6 Å². The third kappa shape index (κ3) is 7.67. The maximum Gasteiger partial charge on any atom is 0.327 e. The van der Waals surface area contributed by atoms with E-state index in [4.69, 9.17) is 4.74 Å². The Balaban J connectivity index is 2.43. The summed E-state index contributed by atoms with van der Waals surface area (Å²) in [5.74, 6) is -2.78. The van der Waals surface area contributed by atoms with Gasteiger partial charge in [-0.3, -0.25) is 9.59 Å². The molecule has 2 unspecified atom stereocenters. The summed E-state index contributed by atoms with van der Waals surface area (Å²) >= 11 is 1.14. The number of ether oxygens (including phenoxy) is 1. The molecule has 0 aliphatic rings. The van der Waals surface area contributed by atoms with Crippen molar-refractivity contribution >= 4 is 29.4 Å². The Morgan fingerprint density at radius 3 is 2.25 bits per heavy atom. The number of rotatable bonds is 12. The molecule has 0 fully saturated rings. The topological polar surface area (TPSA) is 153 Å². The Kier molecular flexibility index (Phi) is 10.2. The monoisotopic (exact) mass is 517 g/mol. The van der Waals surface area contributed by atoms with Crippen molar-refractivity contribution in [2.24, 2.45) is 0 Å². The summed E-state index contributed by atoms with van der Waals surface area (Å²) in [6.07, 6.45) is 1.86. The zero-order valence-electron chi connectivity index (χ0n) is 20.6. The highest BCUT2D eigenvalue weighted by molar-refractivity contribution is 7.99. The van der Waals surface area contributed by atoms with Gasteiger partial charge < -0.3 is 30.5 Å². The van der Waals surface area contributed by atoms with Crippen molar-refractivity contribution in [3.63, 3.8) is 0 Å². The molecule has 0 radical (unpaired) electrons. The minimum atomic E-state index is -1.21. The highest BCUT2D eigenvalue weighted by Gasteiger charge is 2.28. The molecule has 0 aromatic heterocycles. The fourth-order valence-electron chi connectivity index (χ4n) is 3.48. The molecule has 2 atom stereocenters. The van der Waals surface area contributed by atoms with Crippen molar-refractivity contribution in [3.8, 4) is 23.0 Å². The van der Waals surface area contributed by atoms with Crippen LogP contribution in [0.15, 0.2) is 42.0 Å². The van der Waals surface area contributed by atoms with Crippen molar-refractivity contribution in [1.82, 2.24) is 5.32 Å². The Bertz CT molecular complexity index is 1140. The number of hydrogen-bond acceptors (Lipinski definition) is 8. The van der Waals surface area contributed by atoms with E-state index in [1.165, 1.54) is 32.2 Å². The van der Waals surface area contributed by atoms with E-state index in [-0.39, 0.29) is 52.7 Å². The molecule has 2 aromatic carbocycles. The third-order valence-corrected chi connectivity index (χ3v) is 6.70. The number of nitrogens with one attached hydrogen (secondary N) is 1. The maximum absolute atomic E-state index is 13.5. The van der Waals surface area contributed by atoms with Crippen molar-refractivity contribution in [1.29, 1.82) is 0 Å². The van der Waals surface area contributed by atoms with Crippen LogP contribution in [0.1, 0.15) is 53.9 Å². The van der Waals surface area contributed by atoms with Gasteiger partial charge in [0.15, 0.2) is 5.78 Å². The molecule has 2 rings (SSSR count). The maximum atomic E-state index is 13.5.